The van der Waals surface area contributed by atoms with Gasteiger partial charge in [-0.25, -0.2) is 0 Å². The molecule has 3 aliphatic heterocycles. The predicted molar refractivity (Wildman–Crippen MR) is 109 cm³/mol. The van der Waals surface area contributed by atoms with Crippen LogP contribution in [0.2, 0.25) is 0 Å². The van der Waals surface area contributed by atoms with Crippen molar-refractivity contribution < 1.29 is 23.9 Å². The summed E-state index contributed by atoms with van der Waals surface area (Å²) in [4.78, 5) is 43.8. The molecule has 8 nitrogen and oxygen atoms in total. The van der Waals surface area contributed by atoms with E-state index in [4.69, 9.17) is 9.47 Å². The number of hydrogen-bond donors (Lipinski definition) is 0. The lowest BCUT2D eigenvalue weighted by Gasteiger charge is -2.35. The summed E-state index contributed by atoms with van der Waals surface area (Å²) >= 11 is 0. The van der Waals surface area contributed by atoms with Gasteiger partial charge in [0.05, 0.1) is 11.8 Å². The predicted octanol–water partition coefficient (Wildman–Crippen LogP) is 0.867. The van der Waals surface area contributed by atoms with Crippen molar-refractivity contribution >= 4 is 17.7 Å². The fraction of sp³-hybridized carbons (Fsp3) is 0.522. The number of ether oxygens (including phenoxy) is 2. The van der Waals surface area contributed by atoms with E-state index in [1.54, 1.807) is 4.90 Å². The Morgan fingerprint density at radius 2 is 1.61 bits per heavy atom. The second-order valence-corrected chi connectivity index (χ2v) is 9.11. The molecule has 3 heterocycles. The number of benzene rings is 1. The Morgan fingerprint density at radius 3 is 2.32 bits per heavy atom. The van der Waals surface area contributed by atoms with Gasteiger partial charge in [0.15, 0.2) is 11.5 Å². The van der Waals surface area contributed by atoms with Crippen LogP contribution in [0.3, 0.4) is 0 Å². The number of carbonyl (C=O) groups is 3. The summed E-state index contributed by atoms with van der Waals surface area (Å²) in [5.74, 6) is 0.978. The molecule has 162 valence electrons. The van der Waals surface area contributed by atoms with Gasteiger partial charge in [0.25, 0.3) is 0 Å². The molecular weight excluding hydrogens is 398 g/mol. The highest BCUT2D eigenvalue weighted by atomic mass is 16.7. The van der Waals surface area contributed by atoms with E-state index in [2.05, 4.69) is 17.1 Å². The second-order valence-electron chi connectivity index (χ2n) is 9.11. The lowest BCUT2D eigenvalue weighted by atomic mass is 9.85. The van der Waals surface area contributed by atoms with Gasteiger partial charge < -0.3 is 14.4 Å². The van der Waals surface area contributed by atoms with E-state index >= 15 is 0 Å². The minimum atomic E-state index is -0.242. The van der Waals surface area contributed by atoms with Crippen LogP contribution >= 0.6 is 0 Å². The monoisotopic (exact) mass is 423 g/mol. The SMILES string of the molecule is O=C(CN1C(=O)[C@@H]2[C@@H](C1=O)[C@H]1C=C[C@@H]2C1)N1CCN(Cc2ccc3c(c2)OCO3)CC1. The molecule has 31 heavy (non-hydrogen) atoms. The first-order valence-electron chi connectivity index (χ1n) is 11.0. The first-order valence-corrected chi connectivity index (χ1v) is 11.0. The minimum absolute atomic E-state index is 0.119. The maximum atomic E-state index is 12.9. The van der Waals surface area contributed by atoms with Gasteiger partial charge in [-0.15, -0.1) is 0 Å². The van der Waals surface area contributed by atoms with Gasteiger partial charge in [0.1, 0.15) is 6.54 Å². The molecule has 2 bridgehead atoms. The van der Waals surface area contributed by atoms with Crippen LogP contribution in [-0.4, -0.2) is 71.9 Å². The van der Waals surface area contributed by atoms with Crippen LogP contribution in [0.25, 0.3) is 0 Å². The quantitative estimate of drug-likeness (QED) is 0.528. The zero-order chi connectivity index (χ0) is 21.1. The van der Waals surface area contributed by atoms with Crippen molar-refractivity contribution in [3.8, 4) is 11.5 Å². The topological polar surface area (TPSA) is 79.4 Å². The minimum Gasteiger partial charge on any atom is -0.454 e. The molecule has 3 fully saturated rings. The molecule has 1 saturated carbocycles. The molecule has 0 unspecified atom stereocenters. The van der Waals surface area contributed by atoms with Gasteiger partial charge in [-0.2, -0.15) is 0 Å². The largest absolute Gasteiger partial charge is 0.454 e. The number of rotatable bonds is 4. The average molecular weight is 423 g/mol. The number of fused-ring (bicyclic) bond motifs is 6. The van der Waals surface area contributed by atoms with E-state index in [1.165, 1.54) is 4.90 Å². The van der Waals surface area contributed by atoms with E-state index in [-0.39, 0.29) is 54.7 Å². The molecule has 0 radical (unpaired) electrons. The summed E-state index contributed by atoms with van der Waals surface area (Å²) < 4.78 is 10.8. The van der Waals surface area contributed by atoms with Crippen molar-refractivity contribution in [2.45, 2.75) is 13.0 Å². The highest BCUT2D eigenvalue weighted by Crippen LogP contribution is 2.52. The van der Waals surface area contributed by atoms with Gasteiger partial charge >= 0.3 is 0 Å². The van der Waals surface area contributed by atoms with Gasteiger partial charge in [-0.05, 0) is 36.0 Å². The number of likely N-dealkylation sites (tertiary alicyclic amines) is 1. The lowest BCUT2D eigenvalue weighted by molar-refractivity contribution is -0.147. The van der Waals surface area contributed by atoms with Crippen LogP contribution in [0.4, 0.5) is 0 Å². The Hall–Kier alpha value is -2.87. The summed E-state index contributed by atoms with van der Waals surface area (Å²) in [6.07, 6.45) is 5.04. The molecular formula is C23H25N3O5. The van der Waals surface area contributed by atoms with Crippen molar-refractivity contribution in [2.75, 3.05) is 39.5 Å². The van der Waals surface area contributed by atoms with E-state index in [0.29, 0.717) is 13.1 Å². The number of amides is 3. The molecule has 2 aliphatic carbocycles. The summed E-state index contributed by atoms with van der Waals surface area (Å²) in [5.41, 5.74) is 1.15. The molecule has 3 amide bonds. The zero-order valence-electron chi connectivity index (χ0n) is 17.2. The zero-order valence-corrected chi connectivity index (χ0v) is 17.2. The molecule has 0 N–H and O–H groups in total. The highest BCUT2D eigenvalue weighted by molar-refractivity contribution is 6.08. The summed E-state index contributed by atoms with van der Waals surface area (Å²) in [6.45, 7) is 3.62. The first kappa shape index (κ1) is 18.9. The van der Waals surface area contributed by atoms with Crippen LogP contribution in [-0.2, 0) is 20.9 Å². The van der Waals surface area contributed by atoms with Gasteiger partial charge in [0.2, 0.25) is 24.5 Å². The third-order valence-corrected chi connectivity index (χ3v) is 7.42. The van der Waals surface area contributed by atoms with E-state index < -0.39 is 0 Å². The molecule has 8 heteroatoms. The van der Waals surface area contributed by atoms with Crippen molar-refractivity contribution in [3.05, 3.63) is 35.9 Å². The Bertz CT molecular complexity index is 953. The summed E-state index contributed by atoms with van der Waals surface area (Å²) in [7, 11) is 0. The molecule has 1 aromatic rings. The van der Waals surface area contributed by atoms with Gasteiger partial charge in [-0.3, -0.25) is 24.2 Å². The number of allylic oxidation sites excluding steroid dienone is 2. The molecule has 1 aromatic carbocycles. The lowest BCUT2D eigenvalue weighted by Crippen LogP contribution is -2.51. The van der Waals surface area contributed by atoms with Gasteiger partial charge in [0, 0.05) is 32.7 Å². The van der Waals surface area contributed by atoms with Gasteiger partial charge in [-0.1, -0.05) is 18.2 Å². The average Bonchev–Trinajstić information content (AvgIpc) is 3.55. The molecule has 0 aromatic heterocycles. The second kappa shape index (κ2) is 7.09. The van der Waals surface area contributed by atoms with Crippen LogP contribution in [0.1, 0.15) is 12.0 Å². The summed E-state index contributed by atoms with van der Waals surface area (Å²) in [6, 6.07) is 5.97. The third kappa shape index (κ3) is 3.04. The maximum absolute atomic E-state index is 12.9. The molecule has 0 spiro atoms. The van der Waals surface area contributed by atoms with Crippen molar-refractivity contribution in [2.24, 2.45) is 23.7 Å². The number of piperazine rings is 1. The Balaban J connectivity index is 1.03. The third-order valence-electron chi connectivity index (χ3n) is 7.42. The highest BCUT2D eigenvalue weighted by Gasteiger charge is 2.59. The van der Waals surface area contributed by atoms with E-state index in [0.717, 1.165) is 43.1 Å². The summed E-state index contributed by atoms with van der Waals surface area (Å²) in [5, 5.41) is 0. The van der Waals surface area contributed by atoms with E-state index in [9.17, 15) is 14.4 Å². The van der Waals surface area contributed by atoms with Crippen LogP contribution in [0.15, 0.2) is 30.4 Å². The van der Waals surface area contributed by atoms with Crippen molar-refractivity contribution in [3.63, 3.8) is 0 Å². The van der Waals surface area contributed by atoms with Crippen LogP contribution in [0.5, 0.6) is 11.5 Å². The molecule has 2 saturated heterocycles. The number of hydrogen-bond acceptors (Lipinski definition) is 6. The molecule has 5 aliphatic rings. The van der Waals surface area contributed by atoms with Crippen molar-refractivity contribution in [1.82, 2.24) is 14.7 Å². The fourth-order valence-electron chi connectivity index (χ4n) is 5.81. The fourth-order valence-corrected chi connectivity index (χ4v) is 5.81. The van der Waals surface area contributed by atoms with Crippen LogP contribution < -0.4 is 9.47 Å². The van der Waals surface area contributed by atoms with E-state index in [1.807, 2.05) is 18.2 Å². The van der Waals surface area contributed by atoms with Crippen molar-refractivity contribution in [1.29, 1.82) is 0 Å². The van der Waals surface area contributed by atoms with Crippen LogP contribution in [0, 0.1) is 23.7 Å². The first-order chi connectivity index (χ1) is 15.1. The number of nitrogens with zero attached hydrogens (tertiary/aromatic N) is 3. The normalized spacial score (nSPS) is 31.1. The Morgan fingerprint density at radius 1 is 0.935 bits per heavy atom. The maximum Gasteiger partial charge on any atom is 0.242 e. The molecule has 4 atom stereocenters. The Labute approximate surface area is 180 Å². The smallest absolute Gasteiger partial charge is 0.242 e. The standard InChI is InChI=1S/C23H25N3O5/c27-19(12-26-22(28)20-15-2-3-16(10-15)21(20)23(26)29)25-7-5-24(6-8-25)11-14-1-4-17-18(9-14)31-13-30-17/h1-4,9,15-16,20-21H,5-8,10-13H2/t15-,16+,20-,21-/m0/s1. The Kier molecular flexibility index (Phi) is 4.31. The number of imide groups is 1. The number of carbonyl (C=O) groups excluding carboxylic acids is 3. The molecule has 6 rings (SSSR count).